The predicted octanol–water partition coefficient (Wildman–Crippen LogP) is 3.77. The molecule has 1 aromatic heterocycles. The van der Waals surface area contributed by atoms with E-state index in [1.807, 2.05) is 17.0 Å². The molecule has 0 aliphatic carbocycles. The van der Waals surface area contributed by atoms with Crippen LogP contribution in [0, 0.1) is 0 Å². The number of carbonyl (C=O) groups is 1. The van der Waals surface area contributed by atoms with Crippen molar-refractivity contribution in [3.05, 3.63) is 59.9 Å². The van der Waals surface area contributed by atoms with Gasteiger partial charge in [0.15, 0.2) is 0 Å². The van der Waals surface area contributed by atoms with Crippen molar-refractivity contribution in [3.8, 4) is 5.75 Å². The average molecular weight is 424 g/mol. The van der Waals surface area contributed by atoms with E-state index in [9.17, 15) is 4.79 Å². The number of benzene rings is 1. The van der Waals surface area contributed by atoms with E-state index in [4.69, 9.17) is 9.47 Å². The molecule has 166 valence electrons. The number of hydrogen-bond donors (Lipinski definition) is 0. The molecule has 31 heavy (non-hydrogen) atoms. The van der Waals surface area contributed by atoms with Gasteiger partial charge in [0.2, 0.25) is 0 Å². The third-order valence-electron chi connectivity index (χ3n) is 6.08. The van der Waals surface area contributed by atoms with Crippen LogP contribution >= 0.6 is 0 Å². The monoisotopic (exact) mass is 423 g/mol. The van der Waals surface area contributed by atoms with E-state index in [2.05, 4.69) is 22.0 Å². The maximum Gasteiger partial charge on any atom is 0.254 e. The summed E-state index contributed by atoms with van der Waals surface area (Å²) in [5.74, 6) is 0.895. The molecule has 1 amide bonds. The van der Waals surface area contributed by atoms with Gasteiger partial charge in [0, 0.05) is 44.2 Å². The standard InChI is InChI=1S/C25H33N3O3/c29-25(22-10-12-26-13-11-22)28(20-24-5-4-17-30-24)19-21-6-8-23(9-7-21)31-18-16-27-14-2-1-3-15-27/h6-13,24H,1-5,14-20H2/t24-/m0/s1. The van der Waals surface area contributed by atoms with Crippen molar-refractivity contribution in [3.63, 3.8) is 0 Å². The second kappa shape index (κ2) is 11.3. The lowest BCUT2D eigenvalue weighted by molar-refractivity contribution is 0.0507. The van der Waals surface area contributed by atoms with Gasteiger partial charge in [-0.25, -0.2) is 0 Å². The number of aromatic nitrogens is 1. The zero-order valence-electron chi connectivity index (χ0n) is 18.2. The number of piperidine rings is 1. The van der Waals surface area contributed by atoms with Crippen LogP contribution in [0.3, 0.4) is 0 Å². The fraction of sp³-hybridized carbons (Fsp3) is 0.520. The number of pyridine rings is 1. The van der Waals surface area contributed by atoms with Crippen LogP contribution < -0.4 is 4.74 Å². The Balaban J connectivity index is 1.33. The van der Waals surface area contributed by atoms with E-state index in [0.29, 0.717) is 25.3 Å². The quantitative estimate of drug-likeness (QED) is 0.615. The molecule has 6 heteroatoms. The lowest BCUT2D eigenvalue weighted by Gasteiger charge is -2.26. The van der Waals surface area contributed by atoms with Gasteiger partial charge in [-0.05, 0) is 68.6 Å². The van der Waals surface area contributed by atoms with Gasteiger partial charge in [-0.15, -0.1) is 0 Å². The molecule has 4 rings (SSSR count). The Morgan fingerprint density at radius 3 is 2.55 bits per heavy atom. The molecule has 6 nitrogen and oxygen atoms in total. The van der Waals surface area contributed by atoms with Gasteiger partial charge in [0.25, 0.3) is 5.91 Å². The second-order valence-corrected chi connectivity index (χ2v) is 8.45. The predicted molar refractivity (Wildman–Crippen MR) is 120 cm³/mol. The first-order valence-corrected chi connectivity index (χ1v) is 11.5. The minimum absolute atomic E-state index is 0.0137. The van der Waals surface area contributed by atoms with Gasteiger partial charge in [-0.1, -0.05) is 18.6 Å². The molecule has 2 aromatic rings. The molecule has 2 saturated heterocycles. The molecule has 0 radical (unpaired) electrons. The van der Waals surface area contributed by atoms with Crippen LogP contribution in [-0.2, 0) is 11.3 Å². The van der Waals surface area contributed by atoms with Gasteiger partial charge >= 0.3 is 0 Å². The molecule has 2 fully saturated rings. The summed E-state index contributed by atoms with van der Waals surface area (Å²) in [6, 6.07) is 11.7. The van der Waals surface area contributed by atoms with Gasteiger partial charge in [-0.3, -0.25) is 14.7 Å². The fourth-order valence-corrected chi connectivity index (χ4v) is 4.32. The van der Waals surface area contributed by atoms with E-state index in [1.165, 1.54) is 32.4 Å². The molecule has 0 N–H and O–H groups in total. The van der Waals surface area contributed by atoms with E-state index in [1.54, 1.807) is 24.5 Å². The summed E-state index contributed by atoms with van der Waals surface area (Å²) in [6.45, 7) is 6.01. The average Bonchev–Trinajstić information content (AvgIpc) is 3.34. The topological polar surface area (TPSA) is 54.9 Å². The normalized spacial score (nSPS) is 19.3. The Labute approximate surface area is 185 Å². The molecule has 3 heterocycles. The number of carbonyl (C=O) groups excluding carboxylic acids is 1. The number of amides is 1. The summed E-state index contributed by atoms with van der Waals surface area (Å²) in [6.07, 6.45) is 9.45. The first-order valence-electron chi connectivity index (χ1n) is 11.5. The van der Waals surface area contributed by atoms with Crippen molar-refractivity contribution in [1.82, 2.24) is 14.8 Å². The Hall–Kier alpha value is -2.44. The summed E-state index contributed by atoms with van der Waals surface area (Å²) < 4.78 is 11.7. The Kier molecular flexibility index (Phi) is 7.91. The third-order valence-corrected chi connectivity index (χ3v) is 6.08. The number of nitrogens with zero attached hydrogens (tertiary/aromatic N) is 3. The number of likely N-dealkylation sites (tertiary alicyclic amines) is 1. The van der Waals surface area contributed by atoms with E-state index < -0.39 is 0 Å². The van der Waals surface area contributed by atoms with Crippen molar-refractivity contribution < 1.29 is 14.3 Å². The summed E-state index contributed by atoms with van der Waals surface area (Å²) in [5.41, 5.74) is 1.74. The van der Waals surface area contributed by atoms with Gasteiger partial charge in [0.05, 0.1) is 6.10 Å². The van der Waals surface area contributed by atoms with Crippen molar-refractivity contribution in [2.75, 3.05) is 39.4 Å². The summed E-state index contributed by atoms with van der Waals surface area (Å²) >= 11 is 0. The van der Waals surface area contributed by atoms with Gasteiger partial charge in [0.1, 0.15) is 12.4 Å². The summed E-state index contributed by atoms with van der Waals surface area (Å²) in [5, 5.41) is 0. The lowest BCUT2D eigenvalue weighted by Crippen LogP contribution is -2.37. The third kappa shape index (κ3) is 6.52. The van der Waals surface area contributed by atoms with Crippen LogP contribution in [-0.4, -0.2) is 66.2 Å². The van der Waals surface area contributed by atoms with E-state index >= 15 is 0 Å². The number of rotatable bonds is 9. The fourth-order valence-electron chi connectivity index (χ4n) is 4.32. The van der Waals surface area contributed by atoms with Crippen molar-refractivity contribution >= 4 is 5.91 Å². The molecule has 2 aliphatic rings. The second-order valence-electron chi connectivity index (χ2n) is 8.45. The number of ether oxygens (including phenoxy) is 2. The molecule has 0 bridgehead atoms. The zero-order chi connectivity index (χ0) is 21.3. The summed E-state index contributed by atoms with van der Waals surface area (Å²) in [4.78, 5) is 21.5. The lowest BCUT2D eigenvalue weighted by atomic mass is 10.1. The highest BCUT2D eigenvalue weighted by atomic mass is 16.5. The highest BCUT2D eigenvalue weighted by molar-refractivity contribution is 5.94. The molecular formula is C25H33N3O3. The number of hydrogen-bond acceptors (Lipinski definition) is 5. The Bertz CT molecular complexity index is 801. The van der Waals surface area contributed by atoms with Crippen LogP contribution in [0.1, 0.15) is 48.0 Å². The molecule has 1 aromatic carbocycles. The van der Waals surface area contributed by atoms with Crippen molar-refractivity contribution in [2.24, 2.45) is 0 Å². The SMILES string of the molecule is O=C(c1ccncc1)N(Cc1ccc(OCCN2CCCCC2)cc1)C[C@@H]1CCCO1. The smallest absolute Gasteiger partial charge is 0.254 e. The molecule has 1 atom stereocenters. The summed E-state index contributed by atoms with van der Waals surface area (Å²) in [7, 11) is 0. The molecular weight excluding hydrogens is 390 g/mol. The minimum Gasteiger partial charge on any atom is -0.492 e. The largest absolute Gasteiger partial charge is 0.492 e. The van der Waals surface area contributed by atoms with Gasteiger partial charge < -0.3 is 14.4 Å². The van der Waals surface area contributed by atoms with Crippen molar-refractivity contribution in [1.29, 1.82) is 0 Å². The maximum absolute atomic E-state index is 13.1. The molecule has 0 spiro atoms. The van der Waals surface area contributed by atoms with Crippen LogP contribution in [0.5, 0.6) is 5.75 Å². The zero-order valence-corrected chi connectivity index (χ0v) is 18.2. The highest BCUT2D eigenvalue weighted by Gasteiger charge is 2.23. The minimum atomic E-state index is 0.0137. The molecule has 0 unspecified atom stereocenters. The van der Waals surface area contributed by atoms with Crippen LogP contribution in [0.15, 0.2) is 48.8 Å². The Morgan fingerprint density at radius 1 is 1.06 bits per heavy atom. The van der Waals surface area contributed by atoms with E-state index in [0.717, 1.165) is 37.3 Å². The van der Waals surface area contributed by atoms with E-state index in [-0.39, 0.29) is 12.0 Å². The Morgan fingerprint density at radius 2 is 1.84 bits per heavy atom. The molecule has 0 saturated carbocycles. The van der Waals surface area contributed by atoms with Gasteiger partial charge in [-0.2, -0.15) is 0 Å². The first kappa shape index (κ1) is 21.8. The van der Waals surface area contributed by atoms with Crippen LogP contribution in [0.2, 0.25) is 0 Å². The first-order chi connectivity index (χ1) is 15.3. The van der Waals surface area contributed by atoms with Crippen LogP contribution in [0.4, 0.5) is 0 Å². The van der Waals surface area contributed by atoms with Crippen molar-refractivity contribution in [2.45, 2.75) is 44.8 Å². The molecule has 2 aliphatic heterocycles. The maximum atomic E-state index is 13.1. The van der Waals surface area contributed by atoms with Crippen LogP contribution in [0.25, 0.3) is 0 Å². The highest BCUT2D eigenvalue weighted by Crippen LogP contribution is 2.19.